The third-order valence-electron chi connectivity index (χ3n) is 7.49. The molecular weight excluding hydrogens is 555 g/mol. The number of benzene rings is 3. The Kier molecular flexibility index (Phi) is 9.44. The maximum absolute atomic E-state index is 14.1. The van der Waals surface area contributed by atoms with Crippen molar-refractivity contribution in [3.63, 3.8) is 0 Å². The summed E-state index contributed by atoms with van der Waals surface area (Å²) in [6.45, 7) is 6.20. The Morgan fingerprint density at radius 2 is 1.76 bits per heavy atom. The Morgan fingerprint density at radius 3 is 2.45 bits per heavy atom. The van der Waals surface area contributed by atoms with Crippen molar-refractivity contribution < 1.29 is 65.8 Å². The van der Waals surface area contributed by atoms with Gasteiger partial charge in [0.1, 0.15) is 17.7 Å². The van der Waals surface area contributed by atoms with Crippen LogP contribution in [0, 0.1) is 0 Å². The smallest absolute Gasteiger partial charge is 0.528 e. The minimum absolute atomic E-state index is 0. The van der Waals surface area contributed by atoms with Gasteiger partial charge in [-0.05, 0) is 53.8 Å². The predicted octanol–water partition coefficient (Wildman–Crippen LogP) is 2.46. The quantitative estimate of drug-likeness (QED) is 0.257. The van der Waals surface area contributed by atoms with E-state index in [1.54, 1.807) is 4.57 Å². The standard InChI is InChI=1S/C33H32N4O4.K/c1-4-8-28-27(32(38)37(30(5-2)34-28)24-15-16-29-23(19-24)17-20(3)40-29)18-21-11-13-22(14-12-21)25-9-6-7-10-26(25)31-35-33(39)41-36-31;/h6-7,9-16,19-20H,4-5,8,17-18H2,1-3H3,(H,35,36,39);/q;+1/p-1. The maximum Gasteiger partial charge on any atom is 1.00 e. The number of aryl methyl sites for hydroxylation is 2. The summed E-state index contributed by atoms with van der Waals surface area (Å²) in [5.74, 6) is 1.91. The third-order valence-corrected chi connectivity index (χ3v) is 7.49. The molecule has 5 aromatic rings. The van der Waals surface area contributed by atoms with Crippen molar-refractivity contribution in [2.24, 2.45) is 0 Å². The molecule has 0 spiro atoms. The average Bonchev–Trinajstić information content (AvgIpc) is 3.59. The zero-order valence-electron chi connectivity index (χ0n) is 24.4. The molecular formula is C33H31KN4O4. The summed E-state index contributed by atoms with van der Waals surface area (Å²) < 4.78 is 12.3. The Labute approximate surface area is 287 Å². The number of hydrogen-bond donors (Lipinski definition) is 0. The molecule has 6 rings (SSSR count). The Balaban J connectivity index is 0.00000353. The van der Waals surface area contributed by atoms with Gasteiger partial charge in [0.05, 0.1) is 11.4 Å². The minimum Gasteiger partial charge on any atom is -0.528 e. The summed E-state index contributed by atoms with van der Waals surface area (Å²) in [4.78, 5) is 23.0. The number of ether oxygens (including phenoxy) is 1. The van der Waals surface area contributed by atoms with E-state index in [2.05, 4.69) is 34.6 Å². The first kappa shape index (κ1) is 30.4. The van der Waals surface area contributed by atoms with Gasteiger partial charge in [-0.2, -0.15) is 5.16 Å². The van der Waals surface area contributed by atoms with Crippen LogP contribution < -0.4 is 66.8 Å². The van der Waals surface area contributed by atoms with E-state index in [9.17, 15) is 9.90 Å². The molecule has 0 saturated carbocycles. The van der Waals surface area contributed by atoms with Crippen LogP contribution in [0.1, 0.15) is 55.4 Å². The van der Waals surface area contributed by atoms with Crippen LogP contribution in [-0.4, -0.2) is 25.8 Å². The van der Waals surface area contributed by atoms with Gasteiger partial charge in [0, 0.05) is 30.4 Å². The molecule has 0 fully saturated rings. The SMILES string of the molecule is CCCc1nc(CC)n(-c2ccc3c(c2)CC(C)O3)c(=O)c1Cc1ccc(-c2ccccc2-c2noc([O-])n2)cc1.[K+]. The van der Waals surface area contributed by atoms with E-state index >= 15 is 0 Å². The Hall–Kier alpha value is -3.08. The summed E-state index contributed by atoms with van der Waals surface area (Å²) in [5.41, 5.74) is 7.07. The van der Waals surface area contributed by atoms with E-state index < -0.39 is 6.08 Å². The fraction of sp³-hybridized carbons (Fsp3) is 0.273. The molecule has 0 saturated heterocycles. The summed E-state index contributed by atoms with van der Waals surface area (Å²) in [7, 11) is 0. The predicted molar refractivity (Wildman–Crippen MR) is 154 cm³/mol. The molecule has 0 aliphatic carbocycles. The molecule has 9 heteroatoms. The van der Waals surface area contributed by atoms with Gasteiger partial charge in [-0.1, -0.05) is 68.8 Å². The van der Waals surface area contributed by atoms with Crippen LogP contribution in [0.15, 0.2) is 76.0 Å². The van der Waals surface area contributed by atoms with E-state index in [-0.39, 0.29) is 68.9 Å². The van der Waals surface area contributed by atoms with Crippen LogP contribution >= 0.6 is 0 Å². The van der Waals surface area contributed by atoms with Gasteiger partial charge >= 0.3 is 51.4 Å². The molecule has 1 atom stereocenters. The van der Waals surface area contributed by atoms with E-state index in [1.165, 1.54) is 0 Å². The van der Waals surface area contributed by atoms with Crippen LogP contribution in [0.5, 0.6) is 11.8 Å². The van der Waals surface area contributed by atoms with Crippen molar-refractivity contribution in [2.45, 2.75) is 59.0 Å². The van der Waals surface area contributed by atoms with Crippen molar-refractivity contribution in [2.75, 3.05) is 0 Å². The van der Waals surface area contributed by atoms with Crippen molar-refractivity contribution in [1.29, 1.82) is 0 Å². The van der Waals surface area contributed by atoms with Gasteiger partial charge in [0.25, 0.3) is 5.56 Å². The molecule has 208 valence electrons. The number of rotatable bonds is 8. The zero-order chi connectivity index (χ0) is 28.5. The largest absolute Gasteiger partial charge is 1.00 e. The molecule has 0 amide bonds. The molecule has 1 aliphatic rings. The molecule has 3 heterocycles. The summed E-state index contributed by atoms with van der Waals surface area (Å²) >= 11 is 0. The second kappa shape index (κ2) is 13.1. The molecule has 0 radical (unpaired) electrons. The van der Waals surface area contributed by atoms with Gasteiger partial charge in [-0.3, -0.25) is 9.36 Å². The van der Waals surface area contributed by atoms with Gasteiger partial charge in [-0.25, -0.2) is 9.97 Å². The van der Waals surface area contributed by atoms with Crippen LogP contribution in [-0.2, 0) is 25.7 Å². The molecule has 8 nitrogen and oxygen atoms in total. The summed E-state index contributed by atoms with van der Waals surface area (Å²) in [5, 5.41) is 15.3. The van der Waals surface area contributed by atoms with Crippen LogP contribution in [0.2, 0.25) is 0 Å². The number of nitrogens with zero attached hydrogens (tertiary/aromatic N) is 4. The molecule has 42 heavy (non-hydrogen) atoms. The van der Waals surface area contributed by atoms with Crippen LogP contribution in [0.25, 0.3) is 28.2 Å². The number of fused-ring (bicyclic) bond motifs is 1. The van der Waals surface area contributed by atoms with Gasteiger partial charge in [0.15, 0.2) is 11.9 Å². The molecule has 0 bridgehead atoms. The topological polar surface area (TPSA) is 106 Å². The minimum atomic E-state index is -0.718. The number of hydrogen-bond acceptors (Lipinski definition) is 7. The maximum atomic E-state index is 14.1. The monoisotopic (exact) mass is 586 g/mol. The molecule has 1 unspecified atom stereocenters. The molecule has 1 aliphatic heterocycles. The Bertz CT molecular complexity index is 1780. The second-order valence-corrected chi connectivity index (χ2v) is 10.4. The first-order valence-electron chi connectivity index (χ1n) is 14.1. The molecule has 3 aromatic carbocycles. The van der Waals surface area contributed by atoms with Crippen molar-refractivity contribution in [3.05, 3.63) is 105 Å². The number of aromatic nitrogens is 4. The van der Waals surface area contributed by atoms with Crippen molar-refractivity contribution in [1.82, 2.24) is 19.7 Å². The van der Waals surface area contributed by atoms with Crippen LogP contribution in [0.3, 0.4) is 0 Å². The van der Waals surface area contributed by atoms with Gasteiger partial charge in [0.2, 0.25) is 0 Å². The first-order chi connectivity index (χ1) is 19.9. The second-order valence-electron chi connectivity index (χ2n) is 10.4. The zero-order valence-corrected chi connectivity index (χ0v) is 27.5. The third kappa shape index (κ3) is 6.02. The van der Waals surface area contributed by atoms with Crippen molar-refractivity contribution >= 4 is 0 Å². The van der Waals surface area contributed by atoms with E-state index in [0.29, 0.717) is 18.4 Å². The van der Waals surface area contributed by atoms with Gasteiger partial charge < -0.3 is 14.4 Å². The Morgan fingerprint density at radius 1 is 1.00 bits per heavy atom. The van der Waals surface area contributed by atoms with E-state index in [0.717, 1.165) is 70.0 Å². The fourth-order valence-corrected chi connectivity index (χ4v) is 5.58. The summed E-state index contributed by atoms with van der Waals surface area (Å²) in [6, 6.07) is 21.7. The average molecular weight is 587 g/mol. The fourth-order valence-electron chi connectivity index (χ4n) is 5.58. The van der Waals surface area contributed by atoms with Gasteiger partial charge in [-0.15, -0.1) is 0 Å². The first-order valence-corrected chi connectivity index (χ1v) is 14.1. The van der Waals surface area contributed by atoms with E-state index in [1.807, 2.05) is 67.6 Å². The summed E-state index contributed by atoms with van der Waals surface area (Å²) in [6.07, 6.45) is 3.01. The van der Waals surface area contributed by atoms with Crippen LogP contribution in [0.4, 0.5) is 0 Å². The normalized spacial score (nSPS) is 13.8. The van der Waals surface area contributed by atoms with Crippen molar-refractivity contribution in [3.8, 4) is 40.0 Å². The molecule has 0 N–H and O–H groups in total. The molecule has 2 aromatic heterocycles. The van der Waals surface area contributed by atoms with E-state index in [4.69, 9.17) is 9.72 Å².